The number of nitrogen functional groups attached to an aromatic ring is 1. The van der Waals surface area contributed by atoms with Gasteiger partial charge in [-0.25, -0.2) is 4.98 Å². The molecule has 7 heteroatoms. The van der Waals surface area contributed by atoms with E-state index in [0.29, 0.717) is 5.82 Å². The van der Waals surface area contributed by atoms with E-state index in [-0.39, 0.29) is 0 Å². The lowest BCUT2D eigenvalue weighted by Crippen LogP contribution is -2.46. The van der Waals surface area contributed by atoms with Gasteiger partial charge in [0, 0.05) is 26.2 Å². The van der Waals surface area contributed by atoms with Crippen LogP contribution in [0.25, 0.3) is 10.2 Å². The van der Waals surface area contributed by atoms with Crippen LogP contribution in [-0.4, -0.2) is 41.0 Å². The Morgan fingerprint density at radius 1 is 1.18 bits per heavy atom. The first-order valence-corrected chi connectivity index (χ1v) is 8.18. The van der Waals surface area contributed by atoms with Gasteiger partial charge in [-0.05, 0) is 23.6 Å². The van der Waals surface area contributed by atoms with Crippen LogP contribution in [0.15, 0.2) is 34.3 Å². The second-order valence-electron chi connectivity index (χ2n) is 5.39. The highest BCUT2D eigenvalue weighted by atomic mass is 32.1. The summed E-state index contributed by atoms with van der Waals surface area (Å²) < 4.78 is 5.41. The molecule has 114 valence electrons. The summed E-state index contributed by atoms with van der Waals surface area (Å²) in [4.78, 5) is 14.6. The van der Waals surface area contributed by atoms with Gasteiger partial charge in [-0.3, -0.25) is 4.90 Å². The Kier molecular flexibility index (Phi) is 3.44. The number of fused-ring (bicyclic) bond motifs is 1. The van der Waals surface area contributed by atoms with Crippen molar-refractivity contribution in [3.8, 4) is 0 Å². The summed E-state index contributed by atoms with van der Waals surface area (Å²) in [6, 6.07) is 5.92. The minimum Gasteiger partial charge on any atom is -0.468 e. The average molecular weight is 315 g/mol. The van der Waals surface area contributed by atoms with Gasteiger partial charge < -0.3 is 15.1 Å². The van der Waals surface area contributed by atoms with Crippen molar-refractivity contribution in [3.05, 3.63) is 35.6 Å². The van der Waals surface area contributed by atoms with E-state index in [1.807, 2.05) is 23.6 Å². The van der Waals surface area contributed by atoms with Crippen LogP contribution >= 0.6 is 11.3 Å². The molecule has 22 heavy (non-hydrogen) atoms. The molecule has 6 nitrogen and oxygen atoms in total. The summed E-state index contributed by atoms with van der Waals surface area (Å²) in [6.07, 6.45) is 1.72. The second-order valence-corrected chi connectivity index (χ2v) is 6.29. The maximum atomic E-state index is 6.03. The molecule has 0 amide bonds. The quantitative estimate of drug-likeness (QED) is 0.799. The van der Waals surface area contributed by atoms with Crippen molar-refractivity contribution >= 4 is 33.3 Å². The molecule has 0 radical (unpaired) electrons. The highest BCUT2D eigenvalue weighted by Gasteiger charge is 2.20. The van der Waals surface area contributed by atoms with Crippen LogP contribution in [0.2, 0.25) is 0 Å². The summed E-state index contributed by atoms with van der Waals surface area (Å²) in [5.41, 5.74) is 6.03. The van der Waals surface area contributed by atoms with Crippen LogP contribution in [0.3, 0.4) is 0 Å². The van der Waals surface area contributed by atoms with Crippen LogP contribution in [0.4, 0.5) is 11.8 Å². The van der Waals surface area contributed by atoms with Crippen LogP contribution in [0.1, 0.15) is 5.76 Å². The summed E-state index contributed by atoms with van der Waals surface area (Å²) >= 11 is 1.60. The summed E-state index contributed by atoms with van der Waals surface area (Å²) in [6.45, 7) is 4.58. The fourth-order valence-electron chi connectivity index (χ4n) is 2.74. The summed E-state index contributed by atoms with van der Waals surface area (Å²) in [5, 5.41) is 2.95. The van der Waals surface area contributed by atoms with E-state index in [1.165, 1.54) is 0 Å². The lowest BCUT2D eigenvalue weighted by Gasteiger charge is -2.34. The molecule has 1 saturated heterocycles. The fourth-order valence-corrected chi connectivity index (χ4v) is 3.50. The molecular weight excluding hydrogens is 298 g/mol. The molecule has 0 saturated carbocycles. The normalized spacial score (nSPS) is 16.5. The molecule has 0 aromatic carbocycles. The van der Waals surface area contributed by atoms with Crippen molar-refractivity contribution in [1.82, 2.24) is 14.9 Å². The topological polar surface area (TPSA) is 71.4 Å². The maximum absolute atomic E-state index is 6.03. The third-order valence-electron chi connectivity index (χ3n) is 3.96. The number of nitrogens with zero attached hydrogens (tertiary/aromatic N) is 4. The van der Waals surface area contributed by atoms with E-state index in [9.17, 15) is 0 Å². The van der Waals surface area contributed by atoms with Crippen molar-refractivity contribution in [3.63, 3.8) is 0 Å². The molecule has 1 aliphatic heterocycles. The van der Waals surface area contributed by atoms with Crippen molar-refractivity contribution in [1.29, 1.82) is 0 Å². The highest BCUT2D eigenvalue weighted by molar-refractivity contribution is 7.16. The second kappa shape index (κ2) is 5.58. The predicted molar refractivity (Wildman–Crippen MR) is 88.0 cm³/mol. The molecule has 4 rings (SSSR count). The minimum absolute atomic E-state index is 0.569. The number of aromatic nitrogens is 2. The Bertz CT molecular complexity index is 761. The Hall–Kier alpha value is -2.12. The molecule has 0 atom stereocenters. The van der Waals surface area contributed by atoms with E-state index in [1.54, 1.807) is 17.6 Å². The van der Waals surface area contributed by atoms with Gasteiger partial charge >= 0.3 is 0 Å². The molecule has 2 N–H and O–H groups in total. The lowest BCUT2D eigenvalue weighted by molar-refractivity contribution is 0.229. The zero-order valence-electron chi connectivity index (χ0n) is 12.1. The number of hydrogen-bond donors (Lipinski definition) is 1. The van der Waals surface area contributed by atoms with Gasteiger partial charge in [-0.2, -0.15) is 4.98 Å². The standard InChI is InChI=1S/C15H17N5OS/c16-13-12-3-9-22-14(12)18-15(17-13)20-6-4-19(5-7-20)10-11-2-1-8-21-11/h1-3,8-9H,4-7,10H2,(H2,16,17,18). The zero-order chi connectivity index (χ0) is 14.9. The molecule has 3 aromatic heterocycles. The minimum atomic E-state index is 0.569. The van der Waals surface area contributed by atoms with Crippen molar-refractivity contribution in [2.45, 2.75) is 6.54 Å². The van der Waals surface area contributed by atoms with Crippen molar-refractivity contribution in [2.24, 2.45) is 0 Å². The van der Waals surface area contributed by atoms with Gasteiger partial charge in [0.1, 0.15) is 16.4 Å². The SMILES string of the molecule is Nc1nc(N2CCN(Cc3ccco3)CC2)nc2sccc12. The third kappa shape index (κ3) is 2.53. The Labute approximate surface area is 132 Å². The van der Waals surface area contributed by atoms with Gasteiger partial charge in [0.25, 0.3) is 0 Å². The van der Waals surface area contributed by atoms with Crippen LogP contribution in [0.5, 0.6) is 0 Å². The molecular formula is C15H17N5OS. The van der Waals surface area contributed by atoms with Crippen molar-refractivity contribution in [2.75, 3.05) is 36.8 Å². The molecule has 1 fully saturated rings. The third-order valence-corrected chi connectivity index (χ3v) is 4.76. The number of furan rings is 1. The largest absolute Gasteiger partial charge is 0.468 e. The smallest absolute Gasteiger partial charge is 0.228 e. The lowest BCUT2D eigenvalue weighted by atomic mass is 10.3. The molecule has 0 spiro atoms. The first-order chi connectivity index (χ1) is 10.8. The van der Waals surface area contributed by atoms with Gasteiger partial charge in [0.05, 0.1) is 18.2 Å². The molecule has 0 bridgehead atoms. The zero-order valence-corrected chi connectivity index (χ0v) is 12.9. The summed E-state index contributed by atoms with van der Waals surface area (Å²) in [7, 11) is 0. The van der Waals surface area contributed by atoms with E-state index in [4.69, 9.17) is 10.2 Å². The van der Waals surface area contributed by atoms with Gasteiger partial charge in [0.2, 0.25) is 5.95 Å². The fraction of sp³-hybridized carbons (Fsp3) is 0.333. The van der Waals surface area contributed by atoms with Crippen LogP contribution in [0, 0.1) is 0 Å². The highest BCUT2D eigenvalue weighted by Crippen LogP contribution is 2.26. The van der Waals surface area contributed by atoms with Crippen LogP contribution < -0.4 is 10.6 Å². The molecule has 0 unspecified atom stereocenters. The Morgan fingerprint density at radius 3 is 2.82 bits per heavy atom. The number of nitrogens with two attached hydrogens (primary N) is 1. The number of piperazine rings is 1. The van der Waals surface area contributed by atoms with E-state index < -0.39 is 0 Å². The maximum Gasteiger partial charge on any atom is 0.228 e. The van der Waals surface area contributed by atoms with E-state index in [2.05, 4.69) is 19.8 Å². The molecule has 1 aliphatic rings. The van der Waals surface area contributed by atoms with Gasteiger partial charge in [-0.15, -0.1) is 11.3 Å². The van der Waals surface area contributed by atoms with Gasteiger partial charge in [0.15, 0.2) is 0 Å². The first-order valence-electron chi connectivity index (χ1n) is 7.30. The molecule has 3 aromatic rings. The number of anilines is 2. The average Bonchev–Trinajstić information content (AvgIpc) is 3.19. The molecule has 0 aliphatic carbocycles. The Balaban J connectivity index is 1.46. The number of hydrogen-bond acceptors (Lipinski definition) is 7. The van der Waals surface area contributed by atoms with Crippen molar-refractivity contribution < 1.29 is 4.42 Å². The van der Waals surface area contributed by atoms with Gasteiger partial charge in [-0.1, -0.05) is 0 Å². The van der Waals surface area contributed by atoms with Crippen LogP contribution in [-0.2, 0) is 6.54 Å². The number of thiophene rings is 1. The monoisotopic (exact) mass is 315 g/mol. The number of rotatable bonds is 3. The van der Waals surface area contributed by atoms with E-state index in [0.717, 1.165) is 54.6 Å². The predicted octanol–water partition coefficient (Wildman–Crippen LogP) is 2.19. The van der Waals surface area contributed by atoms with E-state index >= 15 is 0 Å². The molecule has 4 heterocycles. The Morgan fingerprint density at radius 2 is 2.05 bits per heavy atom. The first kappa shape index (κ1) is 13.5. The summed E-state index contributed by atoms with van der Waals surface area (Å²) in [5.74, 6) is 2.32.